The van der Waals surface area contributed by atoms with Gasteiger partial charge >= 0.3 is 17.9 Å². The van der Waals surface area contributed by atoms with Gasteiger partial charge in [-0.1, -0.05) is 23.2 Å². The van der Waals surface area contributed by atoms with Gasteiger partial charge in [-0.05, 0) is 24.3 Å². The highest BCUT2D eigenvalue weighted by molar-refractivity contribution is 6.32. The monoisotopic (exact) mass is 558 g/mol. The van der Waals surface area contributed by atoms with Crippen LogP contribution in [0.2, 0.25) is 10.0 Å². The Morgan fingerprint density at radius 2 is 1.00 bits per heavy atom. The fourth-order valence-corrected chi connectivity index (χ4v) is 2.68. The minimum atomic E-state index is -1.30. The molecule has 0 amide bonds. The Labute approximate surface area is 218 Å². The van der Waals surface area contributed by atoms with Gasteiger partial charge in [-0.15, -0.1) is 0 Å². The van der Waals surface area contributed by atoms with E-state index in [2.05, 4.69) is 9.47 Å². The van der Waals surface area contributed by atoms with Gasteiger partial charge in [0.2, 0.25) is 0 Å². The number of phenols is 6. The van der Waals surface area contributed by atoms with Crippen LogP contribution in [0.15, 0.2) is 42.5 Å². The van der Waals surface area contributed by atoms with E-state index in [1.165, 1.54) is 26.4 Å². The second-order valence-electron chi connectivity index (χ2n) is 6.63. The molecule has 3 aromatic rings. The first kappa shape index (κ1) is 30.5. The molecule has 0 unspecified atom stereocenters. The van der Waals surface area contributed by atoms with Crippen molar-refractivity contribution in [3.05, 3.63) is 69.2 Å². The minimum absolute atomic E-state index is 0.0156. The third-order valence-corrected chi connectivity index (χ3v) is 4.76. The molecular formula is C23H20Cl2O12. The van der Waals surface area contributed by atoms with Crippen molar-refractivity contribution in [2.45, 2.75) is 0 Å². The number of hydrogen-bond acceptors (Lipinski definition) is 11. The summed E-state index contributed by atoms with van der Waals surface area (Å²) in [7, 11) is 2.40. The Bertz CT molecular complexity index is 1310. The summed E-state index contributed by atoms with van der Waals surface area (Å²) < 4.78 is 8.75. The molecule has 0 aliphatic heterocycles. The zero-order valence-corrected chi connectivity index (χ0v) is 20.5. The molecule has 198 valence electrons. The molecule has 0 aliphatic carbocycles. The first-order valence-corrected chi connectivity index (χ1v) is 10.3. The number of benzene rings is 3. The first-order chi connectivity index (χ1) is 17.2. The highest BCUT2D eigenvalue weighted by atomic mass is 35.5. The van der Waals surface area contributed by atoms with Gasteiger partial charge < -0.3 is 45.2 Å². The highest BCUT2D eigenvalue weighted by Crippen LogP contribution is 2.32. The van der Waals surface area contributed by atoms with Crippen molar-refractivity contribution in [3.63, 3.8) is 0 Å². The van der Waals surface area contributed by atoms with Crippen LogP contribution >= 0.6 is 23.2 Å². The van der Waals surface area contributed by atoms with Gasteiger partial charge in [-0.2, -0.15) is 0 Å². The lowest BCUT2D eigenvalue weighted by molar-refractivity contribution is 0.0588. The van der Waals surface area contributed by atoms with Gasteiger partial charge in [0, 0.05) is 18.2 Å². The number of carboxylic acid groups (broad SMARTS) is 1. The van der Waals surface area contributed by atoms with E-state index in [1.807, 2.05) is 0 Å². The third-order valence-electron chi connectivity index (χ3n) is 4.15. The second kappa shape index (κ2) is 13.5. The molecule has 0 aromatic heterocycles. The molecule has 0 heterocycles. The summed E-state index contributed by atoms with van der Waals surface area (Å²) in [4.78, 5) is 32.2. The van der Waals surface area contributed by atoms with Crippen molar-refractivity contribution in [3.8, 4) is 34.5 Å². The summed E-state index contributed by atoms with van der Waals surface area (Å²) in [5.41, 5.74) is -0.376. The topological polar surface area (TPSA) is 211 Å². The molecule has 7 N–H and O–H groups in total. The average Bonchev–Trinajstić information content (AvgIpc) is 2.83. The van der Waals surface area contributed by atoms with Crippen molar-refractivity contribution in [1.82, 2.24) is 0 Å². The lowest BCUT2D eigenvalue weighted by Gasteiger charge is -2.03. The molecule has 0 bridgehead atoms. The van der Waals surface area contributed by atoms with E-state index in [-0.39, 0.29) is 55.5 Å². The van der Waals surface area contributed by atoms with Crippen LogP contribution < -0.4 is 0 Å². The van der Waals surface area contributed by atoms with E-state index < -0.39 is 23.7 Å². The van der Waals surface area contributed by atoms with Gasteiger partial charge in [0.25, 0.3) is 0 Å². The molecule has 3 rings (SSSR count). The molecule has 37 heavy (non-hydrogen) atoms. The van der Waals surface area contributed by atoms with E-state index in [0.29, 0.717) is 0 Å². The number of hydrogen-bond donors (Lipinski definition) is 7. The summed E-state index contributed by atoms with van der Waals surface area (Å²) >= 11 is 10.9. The number of ether oxygens (including phenoxy) is 2. The maximum Gasteiger partial charge on any atom is 0.341 e. The van der Waals surface area contributed by atoms with Crippen LogP contribution in [0.1, 0.15) is 31.1 Å². The van der Waals surface area contributed by atoms with Crippen LogP contribution in [-0.2, 0) is 9.47 Å². The van der Waals surface area contributed by atoms with Gasteiger partial charge in [-0.3, -0.25) is 0 Å². The van der Waals surface area contributed by atoms with Crippen LogP contribution in [0.25, 0.3) is 0 Å². The zero-order valence-electron chi connectivity index (χ0n) is 19.0. The Morgan fingerprint density at radius 3 is 1.43 bits per heavy atom. The minimum Gasteiger partial charge on any atom is -0.508 e. The van der Waals surface area contributed by atoms with Crippen LogP contribution in [0.3, 0.4) is 0 Å². The number of carbonyl (C=O) groups is 3. The standard InChI is InChI=1S/C8H7ClO4.C8H8O4.C7H5ClO4/c1-13-8(12)4-2-5(9)7(11)3-6(4)10;1-12-8(11)6-3-2-5(9)4-7(6)10;8-4-1-3(7(11)12)5(9)2-6(4)10/h2-3,10-11H,1H3;2-4,9-10H,1H3;1-2,9-10H,(H,11,12). The van der Waals surface area contributed by atoms with Gasteiger partial charge in [-0.25, -0.2) is 14.4 Å². The zero-order chi connectivity index (χ0) is 28.4. The van der Waals surface area contributed by atoms with E-state index in [0.717, 1.165) is 30.3 Å². The number of esters is 2. The molecule has 0 fully saturated rings. The average molecular weight is 559 g/mol. The molecule has 0 saturated heterocycles. The van der Waals surface area contributed by atoms with Crippen molar-refractivity contribution in [1.29, 1.82) is 0 Å². The highest BCUT2D eigenvalue weighted by Gasteiger charge is 2.15. The number of carbonyl (C=O) groups excluding carboxylic acids is 2. The molecule has 14 heteroatoms. The quantitative estimate of drug-likeness (QED) is 0.228. The number of carboxylic acids is 1. The van der Waals surface area contributed by atoms with Gasteiger partial charge in [0.1, 0.15) is 51.2 Å². The van der Waals surface area contributed by atoms with Crippen molar-refractivity contribution in [2.75, 3.05) is 14.2 Å². The van der Waals surface area contributed by atoms with Gasteiger partial charge in [0.05, 0.1) is 24.3 Å². The van der Waals surface area contributed by atoms with Crippen LogP contribution in [0.5, 0.6) is 34.5 Å². The number of methoxy groups -OCH3 is 2. The van der Waals surface area contributed by atoms with Crippen LogP contribution in [0.4, 0.5) is 0 Å². The predicted octanol–water partition coefficient (Wildman–Crippen LogP) is 3.87. The SMILES string of the molecule is COC(=O)c1cc(Cl)c(O)cc1O.COC(=O)c1ccc(O)cc1O.O=C(O)c1cc(Cl)c(O)cc1O. The maximum atomic E-state index is 11.0. The Kier molecular flexibility index (Phi) is 11.1. The summed E-state index contributed by atoms with van der Waals surface area (Å²) in [6, 6.07) is 7.64. The lowest BCUT2D eigenvalue weighted by Crippen LogP contribution is -2.01. The smallest absolute Gasteiger partial charge is 0.341 e. The molecule has 0 aliphatic rings. The molecule has 0 spiro atoms. The van der Waals surface area contributed by atoms with Crippen molar-refractivity contribution in [2.24, 2.45) is 0 Å². The number of rotatable bonds is 3. The number of aromatic carboxylic acids is 1. The van der Waals surface area contributed by atoms with E-state index in [9.17, 15) is 19.5 Å². The van der Waals surface area contributed by atoms with E-state index >= 15 is 0 Å². The van der Waals surface area contributed by atoms with Crippen molar-refractivity contribution >= 4 is 41.1 Å². The summed E-state index contributed by atoms with van der Waals surface area (Å²) in [6.07, 6.45) is 0. The Hall–Kier alpha value is -4.55. The molecular weight excluding hydrogens is 539 g/mol. The van der Waals surface area contributed by atoms with Crippen LogP contribution in [0, 0.1) is 0 Å². The molecule has 0 atom stereocenters. The predicted molar refractivity (Wildman–Crippen MR) is 129 cm³/mol. The first-order valence-electron chi connectivity index (χ1n) is 9.58. The summed E-state index contributed by atoms with van der Waals surface area (Å²) in [5, 5.41) is 62.5. The van der Waals surface area contributed by atoms with Crippen molar-refractivity contribution < 1.29 is 59.6 Å². The Morgan fingerprint density at radius 1 is 0.595 bits per heavy atom. The summed E-state index contributed by atoms with van der Waals surface area (Å²) in [6.45, 7) is 0. The number of phenolic OH excluding ortho intramolecular Hbond substituents is 5. The number of aromatic hydroxyl groups is 6. The lowest BCUT2D eigenvalue weighted by atomic mass is 10.2. The Balaban J connectivity index is 0.000000278. The molecule has 12 nitrogen and oxygen atoms in total. The van der Waals surface area contributed by atoms with E-state index in [4.69, 9.17) is 53.8 Å². The molecule has 0 saturated carbocycles. The van der Waals surface area contributed by atoms with Crippen LogP contribution in [-0.4, -0.2) is 67.9 Å². The fraction of sp³-hybridized carbons (Fsp3) is 0.0870. The largest absolute Gasteiger partial charge is 0.508 e. The molecule has 3 aromatic carbocycles. The molecule has 0 radical (unpaired) electrons. The maximum absolute atomic E-state index is 11.0. The third kappa shape index (κ3) is 8.56. The second-order valence-corrected chi connectivity index (χ2v) is 7.45. The van der Waals surface area contributed by atoms with Gasteiger partial charge in [0.15, 0.2) is 0 Å². The van der Waals surface area contributed by atoms with E-state index in [1.54, 1.807) is 0 Å². The number of halogens is 2. The normalized spacial score (nSPS) is 9.62. The fourth-order valence-electron chi connectivity index (χ4n) is 2.35. The summed E-state index contributed by atoms with van der Waals surface area (Å²) in [5.74, 6) is -4.53.